The van der Waals surface area contributed by atoms with Gasteiger partial charge >= 0.3 is 0 Å². The molecule has 0 bridgehead atoms. The van der Waals surface area contributed by atoms with E-state index in [2.05, 4.69) is 12.2 Å². The van der Waals surface area contributed by atoms with E-state index in [0.29, 0.717) is 30.2 Å². The van der Waals surface area contributed by atoms with E-state index in [0.717, 1.165) is 0 Å². The molecule has 3 N–H and O–H groups in total. The fourth-order valence-electron chi connectivity index (χ4n) is 2.85. The number of nitrogen functional groups attached to an aromatic ring is 1. The predicted molar refractivity (Wildman–Crippen MR) is 80.9 cm³/mol. The monoisotopic (exact) mass is 276 g/mol. The summed E-state index contributed by atoms with van der Waals surface area (Å²) in [5.41, 5.74) is 7.07. The molecule has 1 amide bonds. The van der Waals surface area contributed by atoms with Crippen LogP contribution in [-0.2, 0) is 0 Å². The molecule has 2 rings (SSSR count). The number of nitrogens with two attached hydrogens (primary N) is 1. The number of rotatable bonds is 5. The fraction of sp³-hybridized carbons (Fsp3) is 0.562. The molecular weight excluding hydrogens is 252 g/mol. The van der Waals surface area contributed by atoms with E-state index in [1.165, 1.54) is 25.7 Å². The molecular formula is C16H24N2O2. The third-order valence-electron chi connectivity index (χ3n) is 4.07. The van der Waals surface area contributed by atoms with Crippen LogP contribution in [0.1, 0.15) is 49.9 Å². The van der Waals surface area contributed by atoms with E-state index in [9.17, 15) is 4.79 Å². The SMILES string of the molecule is CCOc1cccc(N)c1C(=O)NCC1(C)CCCC1. The Labute approximate surface area is 120 Å². The largest absolute Gasteiger partial charge is 0.493 e. The first-order valence-corrected chi connectivity index (χ1v) is 7.35. The van der Waals surface area contributed by atoms with Crippen molar-refractivity contribution in [2.24, 2.45) is 5.41 Å². The molecule has 4 nitrogen and oxygen atoms in total. The van der Waals surface area contributed by atoms with Gasteiger partial charge in [0.15, 0.2) is 0 Å². The first-order valence-electron chi connectivity index (χ1n) is 7.35. The standard InChI is InChI=1S/C16H24N2O2/c1-3-20-13-8-6-7-12(17)14(13)15(19)18-11-16(2)9-4-5-10-16/h6-8H,3-5,9-11,17H2,1-2H3,(H,18,19). The molecule has 0 spiro atoms. The van der Waals surface area contributed by atoms with E-state index in [1.54, 1.807) is 18.2 Å². The molecule has 1 aliphatic rings. The molecule has 0 atom stereocenters. The van der Waals surface area contributed by atoms with Crippen LogP contribution in [0.2, 0.25) is 0 Å². The molecule has 0 heterocycles. The number of carbonyl (C=O) groups excluding carboxylic acids is 1. The molecule has 0 unspecified atom stereocenters. The van der Waals surface area contributed by atoms with Crippen molar-refractivity contribution in [2.45, 2.75) is 39.5 Å². The van der Waals surface area contributed by atoms with Crippen molar-refractivity contribution in [3.05, 3.63) is 23.8 Å². The zero-order chi connectivity index (χ0) is 14.6. The predicted octanol–water partition coefficient (Wildman–Crippen LogP) is 2.98. The smallest absolute Gasteiger partial charge is 0.257 e. The zero-order valence-corrected chi connectivity index (χ0v) is 12.4. The molecule has 1 aromatic carbocycles. The molecule has 1 saturated carbocycles. The van der Waals surface area contributed by atoms with Crippen molar-refractivity contribution in [3.8, 4) is 5.75 Å². The van der Waals surface area contributed by atoms with Gasteiger partial charge in [0, 0.05) is 12.2 Å². The number of hydrogen-bond acceptors (Lipinski definition) is 3. The van der Waals surface area contributed by atoms with E-state index in [-0.39, 0.29) is 11.3 Å². The summed E-state index contributed by atoms with van der Waals surface area (Å²) in [6, 6.07) is 5.32. The Morgan fingerprint density at radius 1 is 1.40 bits per heavy atom. The maximum Gasteiger partial charge on any atom is 0.257 e. The van der Waals surface area contributed by atoms with Crippen LogP contribution >= 0.6 is 0 Å². The van der Waals surface area contributed by atoms with Gasteiger partial charge in [0.25, 0.3) is 5.91 Å². The number of anilines is 1. The number of benzene rings is 1. The lowest BCUT2D eigenvalue weighted by molar-refractivity contribution is 0.0931. The lowest BCUT2D eigenvalue weighted by atomic mass is 9.89. The molecule has 0 aliphatic heterocycles. The highest BCUT2D eigenvalue weighted by molar-refractivity contribution is 6.01. The molecule has 0 saturated heterocycles. The van der Waals surface area contributed by atoms with Crippen molar-refractivity contribution < 1.29 is 9.53 Å². The van der Waals surface area contributed by atoms with Gasteiger partial charge in [-0.1, -0.05) is 25.8 Å². The van der Waals surface area contributed by atoms with Crippen LogP contribution in [-0.4, -0.2) is 19.1 Å². The van der Waals surface area contributed by atoms with Gasteiger partial charge in [-0.25, -0.2) is 0 Å². The third-order valence-corrected chi connectivity index (χ3v) is 4.07. The fourth-order valence-corrected chi connectivity index (χ4v) is 2.85. The minimum Gasteiger partial charge on any atom is -0.493 e. The Kier molecular flexibility index (Phi) is 4.53. The van der Waals surface area contributed by atoms with Gasteiger partial charge < -0.3 is 15.8 Å². The lowest BCUT2D eigenvalue weighted by Crippen LogP contribution is -2.34. The van der Waals surface area contributed by atoms with Gasteiger partial charge in [-0.2, -0.15) is 0 Å². The topological polar surface area (TPSA) is 64.3 Å². The number of nitrogens with one attached hydrogen (secondary N) is 1. The quantitative estimate of drug-likeness (QED) is 0.813. The second-order valence-corrected chi connectivity index (χ2v) is 5.85. The molecule has 1 aliphatic carbocycles. The highest BCUT2D eigenvalue weighted by atomic mass is 16.5. The minimum atomic E-state index is -0.139. The number of carbonyl (C=O) groups is 1. The van der Waals surface area contributed by atoms with Crippen molar-refractivity contribution in [1.82, 2.24) is 5.32 Å². The Morgan fingerprint density at radius 3 is 2.75 bits per heavy atom. The first-order chi connectivity index (χ1) is 9.56. The molecule has 4 heteroatoms. The van der Waals surface area contributed by atoms with Crippen molar-refractivity contribution >= 4 is 11.6 Å². The number of ether oxygens (including phenoxy) is 1. The zero-order valence-electron chi connectivity index (χ0n) is 12.4. The van der Waals surface area contributed by atoms with Gasteiger partial charge in [0.2, 0.25) is 0 Å². The van der Waals surface area contributed by atoms with E-state index >= 15 is 0 Å². The van der Waals surface area contributed by atoms with Gasteiger partial charge in [0.1, 0.15) is 11.3 Å². The molecule has 1 aromatic rings. The van der Waals surface area contributed by atoms with Crippen molar-refractivity contribution in [2.75, 3.05) is 18.9 Å². The number of amides is 1. The summed E-state index contributed by atoms with van der Waals surface area (Å²) in [5.74, 6) is 0.418. The van der Waals surface area contributed by atoms with E-state index < -0.39 is 0 Å². The normalized spacial score (nSPS) is 16.9. The Balaban J connectivity index is 2.08. The van der Waals surface area contributed by atoms with E-state index in [4.69, 9.17) is 10.5 Å². The summed E-state index contributed by atoms with van der Waals surface area (Å²) in [6.07, 6.45) is 4.86. The first kappa shape index (κ1) is 14.7. The second-order valence-electron chi connectivity index (χ2n) is 5.85. The van der Waals surface area contributed by atoms with Crippen LogP contribution in [0.5, 0.6) is 5.75 Å². The van der Waals surface area contributed by atoms with Crippen LogP contribution in [0.15, 0.2) is 18.2 Å². The Hall–Kier alpha value is -1.71. The summed E-state index contributed by atoms with van der Waals surface area (Å²) >= 11 is 0. The van der Waals surface area contributed by atoms with Crippen LogP contribution < -0.4 is 15.8 Å². The molecule has 1 fully saturated rings. The summed E-state index contributed by atoms with van der Waals surface area (Å²) < 4.78 is 5.50. The number of hydrogen-bond donors (Lipinski definition) is 2. The maximum absolute atomic E-state index is 12.4. The van der Waals surface area contributed by atoms with Gasteiger partial charge in [-0.05, 0) is 37.3 Å². The Bertz CT molecular complexity index is 479. The summed E-state index contributed by atoms with van der Waals surface area (Å²) in [5, 5.41) is 3.02. The van der Waals surface area contributed by atoms with Crippen molar-refractivity contribution in [3.63, 3.8) is 0 Å². The molecule has 0 aromatic heterocycles. The highest BCUT2D eigenvalue weighted by Crippen LogP contribution is 2.37. The average molecular weight is 276 g/mol. The van der Waals surface area contributed by atoms with Crippen LogP contribution in [0.3, 0.4) is 0 Å². The van der Waals surface area contributed by atoms with Crippen molar-refractivity contribution in [1.29, 1.82) is 0 Å². The lowest BCUT2D eigenvalue weighted by Gasteiger charge is -2.24. The van der Waals surface area contributed by atoms with Gasteiger partial charge in [0.05, 0.1) is 6.61 Å². The summed E-state index contributed by atoms with van der Waals surface area (Å²) in [4.78, 5) is 12.4. The second kappa shape index (κ2) is 6.16. The molecule has 20 heavy (non-hydrogen) atoms. The summed E-state index contributed by atoms with van der Waals surface area (Å²) in [6.45, 7) is 5.34. The molecule has 110 valence electrons. The Morgan fingerprint density at radius 2 is 2.10 bits per heavy atom. The third kappa shape index (κ3) is 3.24. The van der Waals surface area contributed by atoms with Crippen LogP contribution in [0, 0.1) is 5.41 Å². The minimum absolute atomic E-state index is 0.139. The van der Waals surface area contributed by atoms with Crippen LogP contribution in [0.25, 0.3) is 0 Å². The van der Waals surface area contributed by atoms with Gasteiger partial charge in [-0.15, -0.1) is 0 Å². The maximum atomic E-state index is 12.4. The molecule has 0 radical (unpaired) electrons. The van der Waals surface area contributed by atoms with Gasteiger partial charge in [-0.3, -0.25) is 4.79 Å². The summed E-state index contributed by atoms with van der Waals surface area (Å²) in [7, 11) is 0. The average Bonchev–Trinajstić information content (AvgIpc) is 2.84. The highest BCUT2D eigenvalue weighted by Gasteiger charge is 2.29. The van der Waals surface area contributed by atoms with Crippen LogP contribution in [0.4, 0.5) is 5.69 Å². The van der Waals surface area contributed by atoms with E-state index in [1.807, 2.05) is 6.92 Å².